The van der Waals surface area contributed by atoms with Crippen molar-refractivity contribution in [3.05, 3.63) is 23.8 Å². The summed E-state index contributed by atoms with van der Waals surface area (Å²) in [7, 11) is -3.57. The number of nitrogen functional groups attached to an aromatic ring is 1. The van der Waals surface area contributed by atoms with Crippen molar-refractivity contribution in [3.8, 4) is 0 Å². The first-order valence-corrected chi connectivity index (χ1v) is 5.92. The molecule has 6 heteroatoms. The lowest BCUT2D eigenvalue weighted by atomic mass is 10.2. The van der Waals surface area contributed by atoms with Crippen molar-refractivity contribution in [3.63, 3.8) is 0 Å². The molecule has 1 rings (SSSR count). The number of hydrogen-bond acceptors (Lipinski definition) is 4. The number of benzene rings is 1. The lowest BCUT2D eigenvalue weighted by Crippen LogP contribution is -2.27. The number of rotatable bonds is 4. The Morgan fingerprint density at radius 2 is 2.13 bits per heavy atom. The average Bonchev–Trinajstić information content (AvgIpc) is 2.18. The van der Waals surface area contributed by atoms with Gasteiger partial charge in [0.15, 0.2) is 0 Å². The van der Waals surface area contributed by atoms with Crippen LogP contribution in [0.5, 0.6) is 0 Å². The van der Waals surface area contributed by atoms with Gasteiger partial charge in [0.1, 0.15) is 0 Å². The molecule has 0 spiro atoms. The molecular weight excluding hydrogens is 216 g/mol. The highest BCUT2D eigenvalue weighted by atomic mass is 32.2. The molecular formula is C9H14N2O3S. The lowest BCUT2D eigenvalue weighted by Gasteiger charge is -2.08. The van der Waals surface area contributed by atoms with E-state index in [1.165, 1.54) is 6.07 Å². The van der Waals surface area contributed by atoms with Crippen molar-refractivity contribution in [2.75, 3.05) is 18.9 Å². The summed E-state index contributed by atoms with van der Waals surface area (Å²) in [6.07, 6.45) is 0. The van der Waals surface area contributed by atoms with E-state index in [1.54, 1.807) is 19.1 Å². The van der Waals surface area contributed by atoms with Crippen LogP contribution in [0.15, 0.2) is 23.1 Å². The van der Waals surface area contributed by atoms with Crippen molar-refractivity contribution in [1.82, 2.24) is 4.72 Å². The Morgan fingerprint density at radius 1 is 1.47 bits per heavy atom. The summed E-state index contributed by atoms with van der Waals surface area (Å²) in [5.41, 5.74) is 6.52. The zero-order valence-corrected chi connectivity index (χ0v) is 9.21. The maximum Gasteiger partial charge on any atom is 0.240 e. The molecule has 0 aliphatic carbocycles. The Morgan fingerprint density at radius 3 is 2.73 bits per heavy atom. The van der Waals surface area contributed by atoms with Gasteiger partial charge in [-0.3, -0.25) is 0 Å². The molecule has 0 aliphatic rings. The fourth-order valence-electron chi connectivity index (χ4n) is 1.16. The predicted molar refractivity (Wildman–Crippen MR) is 57.9 cm³/mol. The molecule has 0 fully saturated rings. The maximum atomic E-state index is 11.7. The van der Waals surface area contributed by atoms with Crippen LogP contribution in [0.25, 0.3) is 0 Å². The molecule has 0 radical (unpaired) electrons. The number of sulfonamides is 1. The SMILES string of the molecule is Cc1ccc(N)cc1S(=O)(=O)NCCO. The fourth-order valence-corrected chi connectivity index (χ4v) is 2.46. The van der Waals surface area contributed by atoms with Crippen LogP contribution in [0.1, 0.15) is 5.56 Å². The van der Waals surface area contributed by atoms with Gasteiger partial charge in [-0.25, -0.2) is 13.1 Å². The number of anilines is 1. The minimum absolute atomic E-state index is 0.00340. The Kier molecular flexibility index (Phi) is 3.67. The number of nitrogens with two attached hydrogens (primary N) is 1. The van der Waals surface area contributed by atoms with Gasteiger partial charge in [0.25, 0.3) is 0 Å². The molecule has 0 unspecified atom stereocenters. The van der Waals surface area contributed by atoms with E-state index in [1.807, 2.05) is 0 Å². The van der Waals surface area contributed by atoms with E-state index >= 15 is 0 Å². The molecule has 0 atom stereocenters. The van der Waals surface area contributed by atoms with Gasteiger partial charge < -0.3 is 10.8 Å². The third-order valence-electron chi connectivity index (χ3n) is 1.91. The standard InChI is InChI=1S/C9H14N2O3S/c1-7-2-3-8(10)6-9(7)15(13,14)11-4-5-12/h2-3,6,11-12H,4-5,10H2,1H3. The van der Waals surface area contributed by atoms with Gasteiger partial charge in [-0.15, -0.1) is 0 Å². The van der Waals surface area contributed by atoms with Crippen molar-refractivity contribution in [1.29, 1.82) is 0 Å². The molecule has 0 bridgehead atoms. The highest BCUT2D eigenvalue weighted by Gasteiger charge is 2.15. The van der Waals surface area contributed by atoms with Gasteiger partial charge in [0, 0.05) is 12.2 Å². The van der Waals surface area contributed by atoms with Crippen LogP contribution in [-0.2, 0) is 10.0 Å². The third kappa shape index (κ3) is 2.92. The number of nitrogens with one attached hydrogen (secondary N) is 1. The summed E-state index contributed by atoms with van der Waals surface area (Å²) in [6, 6.07) is 4.68. The smallest absolute Gasteiger partial charge is 0.240 e. The van der Waals surface area contributed by atoms with Crippen LogP contribution >= 0.6 is 0 Å². The van der Waals surface area contributed by atoms with Gasteiger partial charge in [0.05, 0.1) is 11.5 Å². The minimum atomic E-state index is -3.57. The molecule has 1 aromatic rings. The maximum absolute atomic E-state index is 11.7. The Bertz CT molecular complexity index is 443. The van der Waals surface area contributed by atoms with Crippen molar-refractivity contribution >= 4 is 15.7 Å². The summed E-state index contributed by atoms with van der Waals surface area (Å²) in [5, 5.41) is 8.55. The van der Waals surface area contributed by atoms with E-state index in [4.69, 9.17) is 10.8 Å². The molecule has 0 amide bonds. The van der Waals surface area contributed by atoms with Crippen LogP contribution in [0.2, 0.25) is 0 Å². The second-order valence-corrected chi connectivity index (χ2v) is 4.88. The van der Waals surface area contributed by atoms with E-state index in [2.05, 4.69) is 4.72 Å². The second kappa shape index (κ2) is 4.61. The van der Waals surface area contributed by atoms with E-state index in [-0.39, 0.29) is 18.0 Å². The van der Waals surface area contributed by atoms with E-state index in [0.717, 1.165) is 0 Å². The predicted octanol–water partition coefficient (Wildman–Crippen LogP) is -0.152. The summed E-state index contributed by atoms with van der Waals surface area (Å²) in [5.74, 6) is 0. The summed E-state index contributed by atoms with van der Waals surface area (Å²) >= 11 is 0. The monoisotopic (exact) mass is 230 g/mol. The highest BCUT2D eigenvalue weighted by Crippen LogP contribution is 2.17. The van der Waals surface area contributed by atoms with Crippen molar-refractivity contribution < 1.29 is 13.5 Å². The summed E-state index contributed by atoms with van der Waals surface area (Å²) in [4.78, 5) is 0.149. The quantitative estimate of drug-likeness (QED) is 0.627. The number of aliphatic hydroxyl groups is 1. The molecule has 0 aliphatic heterocycles. The number of aliphatic hydroxyl groups excluding tert-OH is 1. The van der Waals surface area contributed by atoms with Gasteiger partial charge in [-0.05, 0) is 24.6 Å². The van der Waals surface area contributed by atoms with E-state index in [0.29, 0.717) is 11.3 Å². The normalized spacial score (nSPS) is 11.6. The minimum Gasteiger partial charge on any atom is -0.399 e. The zero-order chi connectivity index (χ0) is 11.5. The molecule has 5 nitrogen and oxygen atoms in total. The zero-order valence-electron chi connectivity index (χ0n) is 8.40. The lowest BCUT2D eigenvalue weighted by molar-refractivity contribution is 0.301. The van der Waals surface area contributed by atoms with E-state index in [9.17, 15) is 8.42 Å². The Balaban J connectivity index is 3.09. The van der Waals surface area contributed by atoms with Crippen molar-refractivity contribution in [2.45, 2.75) is 11.8 Å². The molecule has 84 valence electrons. The molecule has 1 aromatic carbocycles. The number of hydrogen-bond donors (Lipinski definition) is 3. The third-order valence-corrected chi connectivity index (χ3v) is 3.51. The first kappa shape index (κ1) is 12.0. The topological polar surface area (TPSA) is 92.4 Å². The van der Waals surface area contributed by atoms with Gasteiger partial charge in [0.2, 0.25) is 10.0 Å². The largest absolute Gasteiger partial charge is 0.399 e. The van der Waals surface area contributed by atoms with E-state index < -0.39 is 10.0 Å². The molecule has 4 N–H and O–H groups in total. The number of aryl methyl sites for hydroxylation is 1. The van der Waals surface area contributed by atoms with Gasteiger partial charge in [-0.2, -0.15) is 0 Å². The summed E-state index contributed by atoms with van der Waals surface area (Å²) < 4.78 is 25.6. The van der Waals surface area contributed by atoms with Crippen LogP contribution in [0.3, 0.4) is 0 Å². The molecule has 0 saturated carbocycles. The highest BCUT2D eigenvalue weighted by molar-refractivity contribution is 7.89. The molecule has 15 heavy (non-hydrogen) atoms. The van der Waals surface area contributed by atoms with Crippen LogP contribution < -0.4 is 10.5 Å². The first-order chi connectivity index (χ1) is 6.97. The fraction of sp³-hybridized carbons (Fsp3) is 0.333. The van der Waals surface area contributed by atoms with Crippen molar-refractivity contribution in [2.24, 2.45) is 0 Å². The van der Waals surface area contributed by atoms with Crippen LogP contribution in [-0.4, -0.2) is 26.7 Å². The average molecular weight is 230 g/mol. The van der Waals surface area contributed by atoms with Gasteiger partial charge >= 0.3 is 0 Å². The van der Waals surface area contributed by atoms with Gasteiger partial charge in [-0.1, -0.05) is 6.07 Å². The van der Waals surface area contributed by atoms with Crippen LogP contribution in [0, 0.1) is 6.92 Å². The Labute approximate surface area is 89.0 Å². The second-order valence-electron chi connectivity index (χ2n) is 3.15. The van der Waals surface area contributed by atoms with Crippen LogP contribution in [0.4, 0.5) is 5.69 Å². The molecule has 0 heterocycles. The molecule has 0 aromatic heterocycles. The molecule has 0 saturated heterocycles. The Hall–Kier alpha value is -1.11. The summed E-state index contributed by atoms with van der Waals surface area (Å²) in [6.45, 7) is 1.45. The first-order valence-electron chi connectivity index (χ1n) is 4.44.